The van der Waals surface area contributed by atoms with Crippen LogP contribution in [0.25, 0.3) is 0 Å². The largest absolute Gasteiger partial charge is 0.495 e. The Morgan fingerprint density at radius 2 is 1.82 bits per heavy atom. The molecule has 1 saturated heterocycles. The second kappa shape index (κ2) is 12.1. The quantitative estimate of drug-likeness (QED) is 0.303. The number of rotatable bonds is 11. The first-order valence-corrected chi connectivity index (χ1v) is 12.1. The fourth-order valence-electron chi connectivity index (χ4n) is 4.59. The molecule has 182 valence electrons. The fourth-order valence-corrected chi connectivity index (χ4v) is 4.59. The Hall–Kier alpha value is -2.80. The highest BCUT2D eigenvalue weighted by Crippen LogP contribution is 2.25. The lowest BCUT2D eigenvalue weighted by Gasteiger charge is -2.38. The summed E-state index contributed by atoms with van der Waals surface area (Å²) in [5, 5.41) is 3.36. The van der Waals surface area contributed by atoms with Crippen molar-refractivity contribution >= 4 is 5.69 Å². The van der Waals surface area contributed by atoms with Crippen molar-refractivity contribution in [3.05, 3.63) is 83.3 Å². The molecule has 6 heteroatoms. The maximum absolute atomic E-state index is 6.10. The van der Waals surface area contributed by atoms with E-state index in [1.165, 1.54) is 11.1 Å². The van der Waals surface area contributed by atoms with Crippen LogP contribution in [-0.2, 0) is 17.8 Å². The van der Waals surface area contributed by atoms with Crippen LogP contribution >= 0.6 is 0 Å². The molecule has 4 rings (SSSR count). The van der Waals surface area contributed by atoms with E-state index < -0.39 is 0 Å². The van der Waals surface area contributed by atoms with E-state index in [9.17, 15) is 0 Å². The number of ether oxygens (including phenoxy) is 2. The molecule has 2 aromatic carbocycles. The lowest BCUT2D eigenvalue weighted by Crippen LogP contribution is -2.45. The molecule has 0 spiro atoms. The first-order chi connectivity index (χ1) is 16.6. The number of hydrogen-bond donors (Lipinski definition) is 1. The molecule has 6 nitrogen and oxygen atoms in total. The lowest BCUT2D eigenvalue weighted by atomic mass is 10.0. The topological polar surface area (TPSA) is 50.1 Å². The third-order valence-corrected chi connectivity index (χ3v) is 6.45. The first kappa shape index (κ1) is 24.3. The Kier molecular flexibility index (Phi) is 8.63. The van der Waals surface area contributed by atoms with Crippen molar-refractivity contribution in [2.24, 2.45) is 0 Å². The zero-order valence-electron chi connectivity index (χ0n) is 20.6. The van der Waals surface area contributed by atoms with Gasteiger partial charge in [0.15, 0.2) is 0 Å². The zero-order chi connectivity index (χ0) is 23.8. The van der Waals surface area contributed by atoms with Crippen molar-refractivity contribution in [3.63, 3.8) is 0 Å². The average Bonchev–Trinajstić information content (AvgIpc) is 3.27. The number of methoxy groups -OCH3 is 1. The Morgan fingerprint density at radius 3 is 2.53 bits per heavy atom. The van der Waals surface area contributed by atoms with E-state index >= 15 is 0 Å². The molecular weight excluding hydrogens is 426 g/mol. The van der Waals surface area contributed by atoms with Gasteiger partial charge in [0.05, 0.1) is 19.3 Å². The molecular formula is C28H37N3O3. The highest BCUT2D eigenvalue weighted by Gasteiger charge is 2.25. The van der Waals surface area contributed by atoms with Crippen molar-refractivity contribution in [1.82, 2.24) is 9.80 Å². The van der Waals surface area contributed by atoms with E-state index in [1.807, 2.05) is 25.1 Å². The van der Waals surface area contributed by atoms with Gasteiger partial charge >= 0.3 is 0 Å². The zero-order valence-corrected chi connectivity index (χ0v) is 20.6. The summed E-state index contributed by atoms with van der Waals surface area (Å²) >= 11 is 0. The number of anilines is 1. The summed E-state index contributed by atoms with van der Waals surface area (Å²) in [6, 6.07) is 21.4. The summed E-state index contributed by atoms with van der Waals surface area (Å²) in [7, 11) is 1.69. The van der Waals surface area contributed by atoms with E-state index in [-0.39, 0.29) is 0 Å². The van der Waals surface area contributed by atoms with Gasteiger partial charge in [-0.25, -0.2) is 0 Å². The molecule has 2 heterocycles. The van der Waals surface area contributed by atoms with Crippen molar-refractivity contribution < 1.29 is 13.9 Å². The summed E-state index contributed by atoms with van der Waals surface area (Å²) in [4.78, 5) is 4.96. The average molecular weight is 464 g/mol. The van der Waals surface area contributed by atoms with Crippen LogP contribution in [0.1, 0.15) is 35.5 Å². The van der Waals surface area contributed by atoms with Gasteiger partial charge in [-0.05, 0) is 75.2 Å². The Balaban J connectivity index is 1.32. The van der Waals surface area contributed by atoms with Crippen molar-refractivity contribution in [2.45, 2.75) is 45.8 Å². The molecule has 0 amide bonds. The molecule has 0 unspecified atom stereocenters. The summed E-state index contributed by atoms with van der Waals surface area (Å²) in [5.41, 5.74) is 3.51. The van der Waals surface area contributed by atoms with Crippen LogP contribution in [-0.4, -0.2) is 49.5 Å². The van der Waals surface area contributed by atoms with Gasteiger partial charge in [0.1, 0.15) is 30.7 Å². The minimum atomic E-state index is 0.417. The van der Waals surface area contributed by atoms with Gasteiger partial charge in [-0.2, -0.15) is 0 Å². The molecule has 1 aliphatic rings. The number of nitrogens with one attached hydrogen (secondary N) is 1. The summed E-state index contributed by atoms with van der Waals surface area (Å²) < 4.78 is 17.4. The van der Waals surface area contributed by atoms with Gasteiger partial charge in [-0.3, -0.25) is 9.80 Å². The molecule has 3 aromatic rings. The second-order valence-electron chi connectivity index (χ2n) is 9.11. The van der Waals surface area contributed by atoms with Crippen LogP contribution in [0.15, 0.2) is 65.1 Å². The highest BCUT2D eigenvalue weighted by molar-refractivity contribution is 5.57. The number of furan rings is 1. The summed E-state index contributed by atoms with van der Waals surface area (Å²) in [5.74, 6) is 2.76. The van der Waals surface area contributed by atoms with Gasteiger partial charge < -0.3 is 19.2 Å². The van der Waals surface area contributed by atoms with E-state index in [1.54, 1.807) is 7.11 Å². The normalized spacial score (nSPS) is 15.1. The maximum atomic E-state index is 6.10. The van der Waals surface area contributed by atoms with E-state index in [0.717, 1.165) is 62.0 Å². The third-order valence-electron chi connectivity index (χ3n) is 6.45. The fraction of sp³-hybridized carbons (Fsp3) is 0.429. The van der Waals surface area contributed by atoms with Gasteiger partial charge in [0.25, 0.3) is 0 Å². The van der Waals surface area contributed by atoms with Crippen LogP contribution in [0.4, 0.5) is 5.69 Å². The van der Waals surface area contributed by atoms with Gasteiger partial charge in [-0.1, -0.05) is 36.4 Å². The molecule has 34 heavy (non-hydrogen) atoms. The van der Waals surface area contributed by atoms with Crippen molar-refractivity contribution in [3.8, 4) is 5.75 Å². The minimum Gasteiger partial charge on any atom is -0.495 e. The Morgan fingerprint density at radius 1 is 1.03 bits per heavy atom. The monoisotopic (exact) mass is 463 g/mol. The van der Waals surface area contributed by atoms with Crippen molar-refractivity contribution in [1.29, 1.82) is 0 Å². The van der Waals surface area contributed by atoms with Crippen LogP contribution in [0, 0.1) is 13.8 Å². The van der Waals surface area contributed by atoms with Crippen LogP contribution in [0.5, 0.6) is 5.75 Å². The van der Waals surface area contributed by atoms with Crippen LogP contribution in [0.3, 0.4) is 0 Å². The van der Waals surface area contributed by atoms with E-state index in [2.05, 4.69) is 64.5 Å². The molecule has 0 saturated carbocycles. The molecule has 0 bridgehead atoms. The number of likely N-dealkylation sites (tertiary alicyclic amines) is 1. The number of nitrogens with zero attached hydrogens (tertiary/aromatic N) is 2. The molecule has 0 radical (unpaired) electrons. The summed E-state index contributed by atoms with van der Waals surface area (Å²) in [6.45, 7) is 8.98. The van der Waals surface area contributed by atoms with Crippen molar-refractivity contribution in [2.75, 3.05) is 39.0 Å². The predicted molar refractivity (Wildman–Crippen MR) is 136 cm³/mol. The molecule has 0 aliphatic carbocycles. The van der Waals surface area contributed by atoms with E-state index in [4.69, 9.17) is 13.9 Å². The molecule has 1 aliphatic heterocycles. The highest BCUT2D eigenvalue weighted by atomic mass is 16.5. The molecule has 0 atom stereocenters. The van der Waals surface area contributed by atoms with Crippen LogP contribution in [0.2, 0.25) is 0 Å². The van der Waals surface area contributed by atoms with E-state index in [0.29, 0.717) is 19.5 Å². The smallest absolute Gasteiger partial charge is 0.142 e. The summed E-state index contributed by atoms with van der Waals surface area (Å²) in [6.07, 6.45) is 2.24. The maximum Gasteiger partial charge on any atom is 0.142 e. The number of benzene rings is 2. The first-order valence-electron chi connectivity index (χ1n) is 12.1. The van der Waals surface area contributed by atoms with Gasteiger partial charge in [0, 0.05) is 12.6 Å². The van der Waals surface area contributed by atoms with Crippen LogP contribution < -0.4 is 10.1 Å². The molecule has 1 fully saturated rings. The van der Waals surface area contributed by atoms with Gasteiger partial charge in [0.2, 0.25) is 0 Å². The third kappa shape index (κ3) is 6.86. The van der Waals surface area contributed by atoms with Gasteiger partial charge in [-0.15, -0.1) is 0 Å². The SMILES string of the molecule is COc1ccc(C)cc1NCOCN(Cc1ccc(C)o1)C1CCN(Cc2ccccc2)CC1. The predicted octanol–water partition coefficient (Wildman–Crippen LogP) is 5.42. The Labute approximate surface area is 203 Å². The number of hydrogen-bond acceptors (Lipinski definition) is 6. The Bertz CT molecular complexity index is 1010. The molecule has 1 N–H and O–H groups in total. The standard InChI is InChI=1S/C28H37N3O3/c1-22-9-12-28(32-3)27(17-22)29-20-33-21-31(19-26-11-10-23(2)34-26)25-13-15-30(16-14-25)18-24-7-5-4-6-8-24/h4-12,17,25,29H,13-16,18-21H2,1-3H3. The molecule has 1 aromatic heterocycles. The minimum absolute atomic E-state index is 0.417. The second-order valence-corrected chi connectivity index (χ2v) is 9.11. The number of piperidine rings is 1. The number of aryl methyl sites for hydroxylation is 2. The lowest BCUT2D eigenvalue weighted by molar-refractivity contribution is -0.0149.